The maximum atomic E-state index is 9.57. The fourth-order valence-corrected chi connectivity index (χ4v) is 3.27. The molecule has 0 aliphatic rings. The highest BCUT2D eigenvalue weighted by Crippen LogP contribution is 2.24. The number of hydrogen-bond acceptors (Lipinski definition) is 7. The van der Waals surface area contributed by atoms with Crippen molar-refractivity contribution in [1.29, 1.82) is 0 Å². The van der Waals surface area contributed by atoms with E-state index in [1.54, 1.807) is 43.0 Å². The monoisotopic (exact) mass is 414 g/mol. The molecule has 8 nitrogen and oxygen atoms in total. The van der Waals surface area contributed by atoms with Crippen LogP contribution in [0.5, 0.6) is 11.5 Å². The van der Waals surface area contributed by atoms with E-state index in [1.807, 2.05) is 40.9 Å². The molecule has 0 saturated carbocycles. The second-order valence-electron chi connectivity index (χ2n) is 6.75. The van der Waals surface area contributed by atoms with Gasteiger partial charge in [-0.1, -0.05) is 5.16 Å². The van der Waals surface area contributed by atoms with Crippen molar-refractivity contribution in [3.63, 3.8) is 0 Å². The van der Waals surface area contributed by atoms with E-state index in [9.17, 15) is 5.21 Å². The molecule has 8 heteroatoms. The largest absolute Gasteiger partial charge is 0.490 e. The number of pyridine rings is 1. The van der Waals surface area contributed by atoms with E-state index in [4.69, 9.17) is 13.9 Å². The number of aromatic nitrogens is 3. The lowest BCUT2D eigenvalue weighted by Gasteiger charge is -2.09. The average Bonchev–Trinajstić information content (AvgIpc) is 3.30. The minimum atomic E-state index is 0.350. The number of ether oxygens (including phenoxy) is 2. The van der Waals surface area contributed by atoms with Crippen LogP contribution in [0.3, 0.4) is 0 Å². The summed E-state index contributed by atoms with van der Waals surface area (Å²) >= 11 is 0. The van der Waals surface area contributed by atoms with Crippen LogP contribution in [0.1, 0.15) is 0 Å². The van der Waals surface area contributed by atoms with Crippen LogP contribution in [-0.4, -0.2) is 32.8 Å². The van der Waals surface area contributed by atoms with Crippen LogP contribution in [0.15, 0.2) is 89.1 Å². The van der Waals surface area contributed by atoms with Crippen molar-refractivity contribution < 1.29 is 19.1 Å². The topological polar surface area (TPSA) is 94.4 Å². The lowest BCUT2D eigenvalue weighted by atomic mass is 10.2. The van der Waals surface area contributed by atoms with Gasteiger partial charge < -0.3 is 23.5 Å². The van der Waals surface area contributed by atoms with Crippen molar-refractivity contribution in [3.05, 3.63) is 84.9 Å². The van der Waals surface area contributed by atoms with Gasteiger partial charge in [0.05, 0.1) is 17.9 Å². The van der Waals surface area contributed by atoms with Crippen LogP contribution in [-0.2, 0) is 0 Å². The van der Waals surface area contributed by atoms with Gasteiger partial charge in [0.15, 0.2) is 5.76 Å². The minimum Gasteiger partial charge on any atom is -0.490 e. The van der Waals surface area contributed by atoms with Crippen LogP contribution in [0.4, 0.5) is 0 Å². The molecule has 1 aromatic carbocycles. The van der Waals surface area contributed by atoms with Gasteiger partial charge in [0.2, 0.25) is 0 Å². The summed E-state index contributed by atoms with van der Waals surface area (Å²) in [6, 6.07) is 16.5. The second-order valence-corrected chi connectivity index (χ2v) is 6.75. The predicted octanol–water partition coefficient (Wildman–Crippen LogP) is 3.89. The Morgan fingerprint density at radius 2 is 1.90 bits per heavy atom. The molecule has 154 valence electrons. The van der Waals surface area contributed by atoms with Gasteiger partial charge in [-0.15, -0.1) is 0 Å². The number of fused-ring (bicyclic) bond motifs is 2. The van der Waals surface area contributed by atoms with Gasteiger partial charge >= 0.3 is 0 Å². The molecular weight excluding hydrogens is 396 g/mol. The molecule has 0 amide bonds. The Bertz CT molecular complexity index is 1410. The first-order chi connectivity index (χ1) is 15.3. The molecule has 5 aromatic rings. The summed E-state index contributed by atoms with van der Waals surface area (Å²) in [4.78, 5) is 8.43. The van der Waals surface area contributed by atoms with Crippen molar-refractivity contribution in [3.8, 4) is 23.0 Å². The van der Waals surface area contributed by atoms with Gasteiger partial charge in [0.1, 0.15) is 41.3 Å². The Labute approximate surface area is 176 Å². The standard InChI is InChI=1S/C23H18N4O4/c28-26-20-13-23(21-11-16-3-2-8-27(16)15-25-21)31-22-6-5-17(12-19(20)22)29-9-10-30-18-4-1-7-24-14-18/h1-8,11-15,28H,9-10H2/b26-20+. The summed E-state index contributed by atoms with van der Waals surface area (Å²) in [7, 11) is 0. The van der Waals surface area contributed by atoms with Crippen molar-refractivity contribution in [1.82, 2.24) is 14.4 Å². The first-order valence-electron chi connectivity index (χ1n) is 9.65. The molecule has 1 N–H and O–H groups in total. The normalized spacial score (nSPS) is 11.8. The summed E-state index contributed by atoms with van der Waals surface area (Å²) in [6.45, 7) is 0.723. The van der Waals surface area contributed by atoms with Crippen LogP contribution < -0.4 is 14.8 Å². The molecule has 4 heterocycles. The fourth-order valence-electron chi connectivity index (χ4n) is 3.27. The molecule has 0 radical (unpaired) electrons. The molecule has 0 atom stereocenters. The molecule has 0 aliphatic heterocycles. The van der Waals surface area contributed by atoms with E-state index >= 15 is 0 Å². The average molecular weight is 414 g/mol. The third-order valence-electron chi connectivity index (χ3n) is 4.75. The van der Waals surface area contributed by atoms with Gasteiger partial charge in [-0.2, -0.15) is 0 Å². The zero-order valence-corrected chi connectivity index (χ0v) is 16.4. The van der Waals surface area contributed by atoms with Crippen LogP contribution >= 0.6 is 0 Å². The summed E-state index contributed by atoms with van der Waals surface area (Å²) in [6.07, 6.45) is 6.97. The first-order valence-corrected chi connectivity index (χ1v) is 9.65. The van der Waals surface area contributed by atoms with Crippen molar-refractivity contribution in [2.75, 3.05) is 13.2 Å². The summed E-state index contributed by atoms with van der Waals surface area (Å²) in [5.74, 6) is 1.80. The summed E-state index contributed by atoms with van der Waals surface area (Å²) in [5.41, 5.74) is 2.19. The third-order valence-corrected chi connectivity index (χ3v) is 4.75. The molecule has 0 spiro atoms. The number of benzene rings is 1. The predicted molar refractivity (Wildman–Crippen MR) is 113 cm³/mol. The third kappa shape index (κ3) is 3.91. The lowest BCUT2D eigenvalue weighted by molar-refractivity contribution is 0.217. The van der Waals surface area contributed by atoms with E-state index in [2.05, 4.69) is 15.1 Å². The molecule has 0 fully saturated rings. The Morgan fingerprint density at radius 3 is 2.74 bits per heavy atom. The maximum Gasteiger partial charge on any atom is 0.155 e. The van der Waals surface area contributed by atoms with E-state index in [-0.39, 0.29) is 0 Å². The summed E-state index contributed by atoms with van der Waals surface area (Å²) < 4.78 is 19.3. The van der Waals surface area contributed by atoms with Gasteiger partial charge in [0.25, 0.3) is 0 Å². The van der Waals surface area contributed by atoms with Crippen molar-refractivity contribution in [2.24, 2.45) is 5.16 Å². The zero-order chi connectivity index (χ0) is 21.0. The van der Waals surface area contributed by atoms with Gasteiger partial charge in [0, 0.05) is 24.0 Å². The molecule has 5 rings (SSSR count). The van der Waals surface area contributed by atoms with Crippen molar-refractivity contribution >= 4 is 16.5 Å². The second kappa shape index (κ2) is 8.19. The van der Waals surface area contributed by atoms with E-state index < -0.39 is 0 Å². The van der Waals surface area contributed by atoms with Crippen LogP contribution in [0.2, 0.25) is 0 Å². The molecule has 31 heavy (non-hydrogen) atoms. The van der Waals surface area contributed by atoms with Gasteiger partial charge in [-0.3, -0.25) is 4.98 Å². The maximum absolute atomic E-state index is 9.57. The summed E-state index contributed by atoms with van der Waals surface area (Å²) in [5, 5.41) is 14.0. The van der Waals surface area contributed by atoms with E-state index in [0.29, 0.717) is 52.5 Å². The van der Waals surface area contributed by atoms with Crippen LogP contribution in [0.25, 0.3) is 27.9 Å². The highest BCUT2D eigenvalue weighted by molar-refractivity contribution is 5.80. The minimum absolute atomic E-state index is 0.350. The Morgan fingerprint density at radius 1 is 1.00 bits per heavy atom. The SMILES string of the molecule is O/N=c1\cc(-c2cc3cccn3cn2)oc2ccc(OCCOc3cccnc3)cc12. The number of rotatable bonds is 6. The van der Waals surface area contributed by atoms with Gasteiger partial charge in [-0.25, -0.2) is 4.98 Å². The Hall–Kier alpha value is -4.33. The Kier molecular flexibility index (Phi) is 4.94. The lowest BCUT2D eigenvalue weighted by Crippen LogP contribution is -2.09. The number of nitrogens with zero attached hydrogens (tertiary/aromatic N) is 4. The number of hydrogen-bond donors (Lipinski definition) is 1. The van der Waals surface area contributed by atoms with Crippen LogP contribution in [0, 0.1) is 0 Å². The highest BCUT2D eigenvalue weighted by atomic mass is 16.5. The molecule has 0 aliphatic carbocycles. The van der Waals surface area contributed by atoms with E-state index in [0.717, 1.165) is 5.52 Å². The fraction of sp³-hybridized carbons (Fsp3) is 0.0870. The molecule has 0 unspecified atom stereocenters. The van der Waals surface area contributed by atoms with E-state index in [1.165, 1.54) is 0 Å². The molecule has 0 bridgehead atoms. The molecule has 0 saturated heterocycles. The molecular formula is C23H18N4O4. The Balaban J connectivity index is 1.38. The zero-order valence-electron chi connectivity index (χ0n) is 16.4. The smallest absolute Gasteiger partial charge is 0.155 e. The van der Waals surface area contributed by atoms with Crippen molar-refractivity contribution in [2.45, 2.75) is 0 Å². The molecule has 4 aromatic heterocycles. The highest BCUT2D eigenvalue weighted by Gasteiger charge is 2.10. The quantitative estimate of drug-likeness (QED) is 0.257. The van der Waals surface area contributed by atoms with Gasteiger partial charge in [-0.05, 0) is 48.5 Å². The first kappa shape index (κ1) is 18.7.